The van der Waals surface area contributed by atoms with Gasteiger partial charge in [-0.1, -0.05) is 50.4 Å². The lowest BCUT2D eigenvalue weighted by atomic mass is 9.91. The topological polar surface area (TPSA) is 53.9 Å². The van der Waals surface area contributed by atoms with Gasteiger partial charge < -0.3 is 10.2 Å². The number of fused-ring (bicyclic) bond motifs is 1. The van der Waals surface area contributed by atoms with Gasteiger partial charge in [0, 0.05) is 6.42 Å². The average Bonchev–Trinajstić information content (AvgIpc) is 3.40. The van der Waals surface area contributed by atoms with Gasteiger partial charge in [0.25, 0.3) is 0 Å². The van der Waals surface area contributed by atoms with Crippen molar-refractivity contribution in [1.82, 2.24) is 5.32 Å². The van der Waals surface area contributed by atoms with Gasteiger partial charge >= 0.3 is 0 Å². The quantitative estimate of drug-likeness (QED) is 0.297. The number of oxime groups is 1. The first-order valence-corrected chi connectivity index (χ1v) is 12.0. The molecular weight excluding hydrogens is 496 g/mol. The van der Waals surface area contributed by atoms with Crippen molar-refractivity contribution in [2.75, 3.05) is 18.2 Å². The number of carbonyl (C=O) groups excluding carboxylic acids is 1. The third-order valence-corrected chi connectivity index (χ3v) is 7.92. The Labute approximate surface area is 204 Å². The lowest BCUT2D eigenvalue weighted by Crippen LogP contribution is -2.33. The highest BCUT2D eigenvalue weighted by Gasteiger charge is 2.32. The van der Waals surface area contributed by atoms with Gasteiger partial charge in [-0.05, 0) is 54.5 Å². The number of hydrogen-bond acceptors (Lipinski definition) is 5. The van der Waals surface area contributed by atoms with Gasteiger partial charge in [0.1, 0.15) is 17.3 Å². The smallest absolute Gasteiger partial charge is 0.243 e. The molecule has 1 unspecified atom stereocenters. The van der Waals surface area contributed by atoms with E-state index in [1.54, 1.807) is 12.1 Å². The molecule has 0 radical (unpaired) electrons. The first kappa shape index (κ1) is 23.2. The number of terminal acetylenes is 1. The first-order valence-electron chi connectivity index (χ1n) is 10.0. The van der Waals surface area contributed by atoms with Gasteiger partial charge in [-0.2, -0.15) is 5.12 Å². The third kappa shape index (κ3) is 4.69. The number of amides is 1. The number of benzene rings is 1. The Morgan fingerprint density at radius 2 is 1.97 bits per heavy atom. The molecule has 4 rings (SSSR count). The molecule has 0 saturated carbocycles. The number of nitrogens with one attached hydrogen (secondary N) is 1. The number of hydrogen-bond donors (Lipinski definition) is 1. The maximum atomic E-state index is 15.0. The zero-order chi connectivity index (χ0) is 22.8. The predicted octanol–water partition coefficient (Wildman–Crippen LogP) is 5.89. The summed E-state index contributed by atoms with van der Waals surface area (Å²) < 4.78 is 15.0. The summed E-state index contributed by atoms with van der Waals surface area (Å²) in [6.45, 7) is -0.351. The van der Waals surface area contributed by atoms with Crippen molar-refractivity contribution in [2.24, 2.45) is 5.16 Å². The number of halogens is 4. The molecule has 5 nitrogen and oxygen atoms in total. The van der Waals surface area contributed by atoms with E-state index in [0.717, 1.165) is 53.0 Å². The molecule has 0 fully saturated rings. The van der Waals surface area contributed by atoms with E-state index in [2.05, 4.69) is 16.4 Å². The largest absolute Gasteiger partial charge is 0.387 e. The fraction of sp³-hybridized carbons (Fsp3) is 0.364. The van der Waals surface area contributed by atoms with Crippen molar-refractivity contribution < 1.29 is 14.1 Å². The van der Waals surface area contributed by atoms with E-state index in [1.165, 1.54) is 11.3 Å². The molecule has 1 N–H and O–H groups in total. The lowest BCUT2D eigenvalue weighted by molar-refractivity contribution is -0.119. The number of anilines is 1. The van der Waals surface area contributed by atoms with Crippen LogP contribution >= 0.6 is 46.1 Å². The summed E-state index contributed by atoms with van der Waals surface area (Å²) >= 11 is 19.7. The molecule has 10 heteroatoms. The fourth-order valence-electron chi connectivity index (χ4n) is 3.90. The van der Waals surface area contributed by atoms with E-state index >= 15 is 0 Å². The van der Waals surface area contributed by atoms with E-state index in [4.69, 9.17) is 46.1 Å². The zero-order valence-electron chi connectivity index (χ0n) is 16.9. The second kappa shape index (κ2) is 9.88. The third-order valence-electron chi connectivity index (χ3n) is 5.40. The molecule has 2 aromatic rings. The van der Waals surface area contributed by atoms with Crippen LogP contribution in [0, 0.1) is 12.3 Å². The SMILES string of the molecule is C#CCNC(=O)CN(F)c1sc(C2=NOC(c3cc(Cl)c(Cl)c(Cl)c3)C2)c2c1CCCC2. The van der Waals surface area contributed by atoms with E-state index in [1.807, 2.05) is 0 Å². The van der Waals surface area contributed by atoms with E-state index in [0.29, 0.717) is 31.6 Å². The molecule has 1 aromatic heterocycles. The molecule has 1 aromatic carbocycles. The summed E-state index contributed by atoms with van der Waals surface area (Å²) in [5.74, 6) is 1.84. The minimum Gasteiger partial charge on any atom is -0.387 e. The Kier molecular flexibility index (Phi) is 7.16. The van der Waals surface area contributed by atoms with Crippen LogP contribution in [0.5, 0.6) is 0 Å². The Morgan fingerprint density at radius 1 is 1.28 bits per heavy atom. The average molecular weight is 515 g/mol. The second-order valence-electron chi connectivity index (χ2n) is 7.54. The van der Waals surface area contributed by atoms with Crippen molar-refractivity contribution in [2.45, 2.75) is 38.2 Å². The molecule has 2 aliphatic rings. The van der Waals surface area contributed by atoms with Crippen LogP contribution in [0.3, 0.4) is 0 Å². The fourth-order valence-corrected chi connectivity index (χ4v) is 5.80. The monoisotopic (exact) mass is 513 g/mol. The van der Waals surface area contributed by atoms with Crippen LogP contribution in [-0.2, 0) is 22.5 Å². The van der Waals surface area contributed by atoms with Crippen LogP contribution in [0.2, 0.25) is 15.1 Å². The number of carbonyl (C=O) groups is 1. The minimum atomic E-state index is -0.469. The molecule has 32 heavy (non-hydrogen) atoms. The number of nitrogens with zero attached hydrogens (tertiary/aromatic N) is 2. The Morgan fingerprint density at radius 3 is 2.66 bits per heavy atom. The van der Waals surface area contributed by atoms with Crippen LogP contribution in [0.4, 0.5) is 9.48 Å². The standard InChI is InChI=1S/C22H19Cl3FN3O2S/c1-2-7-27-19(30)11-29(26)22-14-6-4-3-5-13(14)21(32-22)17-10-18(31-28-17)12-8-15(23)20(25)16(24)9-12/h1,8-9,18H,3-7,10-11H2,(H,27,30). The summed E-state index contributed by atoms with van der Waals surface area (Å²) in [4.78, 5) is 18.5. The molecule has 168 valence electrons. The van der Waals surface area contributed by atoms with Gasteiger partial charge in [0.15, 0.2) is 6.10 Å². The molecule has 1 atom stereocenters. The summed E-state index contributed by atoms with van der Waals surface area (Å²) in [5, 5.41) is 8.70. The van der Waals surface area contributed by atoms with Crippen molar-refractivity contribution in [3.63, 3.8) is 0 Å². The van der Waals surface area contributed by atoms with Crippen LogP contribution in [-0.4, -0.2) is 24.7 Å². The van der Waals surface area contributed by atoms with E-state index < -0.39 is 12.5 Å². The van der Waals surface area contributed by atoms with E-state index in [-0.39, 0.29) is 12.6 Å². The number of rotatable bonds is 6. The Hall–Kier alpha value is -1.98. The van der Waals surface area contributed by atoms with Crippen molar-refractivity contribution in [3.8, 4) is 12.3 Å². The Balaban J connectivity index is 1.57. The van der Waals surface area contributed by atoms with Crippen LogP contribution < -0.4 is 10.4 Å². The highest BCUT2D eigenvalue weighted by atomic mass is 35.5. The van der Waals surface area contributed by atoms with Gasteiger partial charge in [-0.15, -0.1) is 17.8 Å². The van der Waals surface area contributed by atoms with Crippen molar-refractivity contribution in [3.05, 3.63) is 48.8 Å². The molecule has 1 aliphatic heterocycles. The summed E-state index contributed by atoms with van der Waals surface area (Å²) in [6, 6.07) is 3.43. The zero-order valence-corrected chi connectivity index (χ0v) is 20.0. The minimum absolute atomic E-state index is 0.0642. The van der Waals surface area contributed by atoms with Crippen LogP contribution in [0.25, 0.3) is 0 Å². The maximum absolute atomic E-state index is 15.0. The van der Waals surface area contributed by atoms with Gasteiger partial charge in [0.05, 0.1) is 26.5 Å². The summed E-state index contributed by atoms with van der Waals surface area (Å²) in [5.41, 5.74) is 3.54. The van der Waals surface area contributed by atoms with Gasteiger partial charge in [0.2, 0.25) is 5.91 Å². The molecule has 0 saturated heterocycles. The number of thiophene rings is 1. The maximum Gasteiger partial charge on any atom is 0.243 e. The summed E-state index contributed by atoms with van der Waals surface area (Å²) in [7, 11) is 0. The first-order chi connectivity index (χ1) is 15.4. The van der Waals surface area contributed by atoms with Crippen LogP contribution in [0.15, 0.2) is 17.3 Å². The molecule has 2 heterocycles. The Bertz CT molecular complexity index is 1110. The molecule has 1 amide bonds. The highest BCUT2D eigenvalue weighted by molar-refractivity contribution is 7.18. The molecule has 1 aliphatic carbocycles. The normalized spacial score (nSPS) is 17.2. The predicted molar refractivity (Wildman–Crippen MR) is 128 cm³/mol. The highest BCUT2D eigenvalue weighted by Crippen LogP contribution is 2.44. The van der Waals surface area contributed by atoms with E-state index in [9.17, 15) is 9.28 Å². The lowest BCUT2D eigenvalue weighted by Gasteiger charge is -2.17. The van der Waals surface area contributed by atoms with Gasteiger partial charge in [-0.3, -0.25) is 4.79 Å². The molecule has 0 bridgehead atoms. The van der Waals surface area contributed by atoms with Crippen LogP contribution in [0.1, 0.15) is 46.9 Å². The second-order valence-corrected chi connectivity index (χ2v) is 9.73. The van der Waals surface area contributed by atoms with Crippen molar-refractivity contribution >= 4 is 62.8 Å². The van der Waals surface area contributed by atoms with Crippen molar-refractivity contribution in [1.29, 1.82) is 0 Å². The molecule has 0 spiro atoms. The molecular formula is C22H19Cl3FN3O2S. The van der Waals surface area contributed by atoms with Gasteiger partial charge in [-0.25, -0.2) is 0 Å². The summed E-state index contributed by atoms with van der Waals surface area (Å²) in [6.07, 6.45) is 8.86.